The number of aliphatic carboxylic acids is 2. The first-order valence-corrected chi connectivity index (χ1v) is 15.3. The number of aryl methyl sites for hydroxylation is 2. The first-order valence-electron chi connectivity index (χ1n) is 15.3. The Morgan fingerprint density at radius 2 is 1.35 bits per heavy atom. The van der Waals surface area contributed by atoms with E-state index in [1.807, 2.05) is 0 Å². The first-order chi connectivity index (χ1) is 24.6. The lowest BCUT2D eigenvalue weighted by Crippen LogP contribution is -2.39. The minimum atomic E-state index is -4.40. The quantitative estimate of drug-likeness (QED) is 0.124. The van der Waals surface area contributed by atoms with Crippen LogP contribution in [-0.2, 0) is 46.5 Å². The van der Waals surface area contributed by atoms with Crippen LogP contribution in [0.25, 0.3) is 22.0 Å². The third-order valence-corrected chi connectivity index (χ3v) is 7.71. The molecular weight excluding hydrogens is 697 g/mol. The van der Waals surface area contributed by atoms with Gasteiger partial charge in [0, 0.05) is 13.0 Å². The van der Waals surface area contributed by atoms with E-state index in [-0.39, 0.29) is 43.2 Å². The SMILES string of the molecule is O=C(Cn1c(CCc2cccc(F)c2F)nc(=O)c2ccccc21)NCc1ccc(-c2ccc(C(F)(F)F)cc2)cc1.O=C(O)C(O)C(O)C(=O)O. The molecule has 272 valence electrons. The fraction of sp³-hybridized carbons (Fsp3) is 0.194. The molecule has 2 unspecified atom stereocenters. The van der Waals surface area contributed by atoms with Crippen molar-refractivity contribution in [3.8, 4) is 11.1 Å². The summed E-state index contributed by atoms with van der Waals surface area (Å²) in [6.45, 7) is 0.0138. The predicted molar refractivity (Wildman–Crippen MR) is 176 cm³/mol. The van der Waals surface area contributed by atoms with Gasteiger partial charge in [0.25, 0.3) is 5.56 Å². The molecule has 1 amide bonds. The zero-order chi connectivity index (χ0) is 38.2. The molecule has 2 atom stereocenters. The summed E-state index contributed by atoms with van der Waals surface area (Å²) in [6, 6.07) is 22.5. The molecule has 5 rings (SSSR count). The van der Waals surface area contributed by atoms with Crippen molar-refractivity contribution in [3.05, 3.63) is 135 Å². The Morgan fingerprint density at radius 1 is 0.769 bits per heavy atom. The average Bonchev–Trinajstić information content (AvgIpc) is 3.12. The van der Waals surface area contributed by atoms with E-state index < -0.39 is 53.1 Å². The molecule has 0 bridgehead atoms. The van der Waals surface area contributed by atoms with Gasteiger partial charge < -0.3 is 30.3 Å². The Kier molecular flexibility index (Phi) is 12.5. The van der Waals surface area contributed by atoms with Crippen LogP contribution in [0.3, 0.4) is 0 Å². The number of hydrogen-bond donors (Lipinski definition) is 5. The van der Waals surface area contributed by atoms with Gasteiger partial charge in [-0.2, -0.15) is 18.2 Å². The number of aliphatic hydroxyl groups excluding tert-OH is 2. The summed E-state index contributed by atoms with van der Waals surface area (Å²) in [5.74, 6) is -5.57. The molecule has 1 aromatic heterocycles. The molecule has 5 N–H and O–H groups in total. The maximum Gasteiger partial charge on any atom is 0.416 e. The number of hydrogen-bond acceptors (Lipinski definition) is 7. The Labute approximate surface area is 291 Å². The second kappa shape index (κ2) is 16.8. The van der Waals surface area contributed by atoms with E-state index in [1.165, 1.54) is 24.3 Å². The number of carbonyl (C=O) groups is 3. The van der Waals surface area contributed by atoms with Crippen LogP contribution in [-0.4, -0.2) is 60.0 Å². The van der Waals surface area contributed by atoms with Crippen molar-refractivity contribution in [2.45, 2.75) is 44.3 Å². The summed E-state index contributed by atoms with van der Waals surface area (Å²) in [4.78, 5) is 49.4. The maximum absolute atomic E-state index is 14.2. The lowest BCUT2D eigenvalue weighted by molar-refractivity contribution is -0.165. The number of rotatable bonds is 11. The van der Waals surface area contributed by atoms with Crippen molar-refractivity contribution in [1.29, 1.82) is 0 Å². The molecule has 0 aliphatic rings. The van der Waals surface area contributed by atoms with Crippen molar-refractivity contribution < 1.29 is 56.8 Å². The number of nitrogens with zero attached hydrogens (tertiary/aromatic N) is 2. The van der Waals surface area contributed by atoms with E-state index in [4.69, 9.17) is 20.4 Å². The van der Waals surface area contributed by atoms with Gasteiger partial charge in [0.15, 0.2) is 23.8 Å². The van der Waals surface area contributed by atoms with Gasteiger partial charge in [-0.05, 0) is 59.0 Å². The van der Waals surface area contributed by atoms with Gasteiger partial charge in [-0.15, -0.1) is 0 Å². The Balaban J connectivity index is 0.000000530. The predicted octanol–water partition coefficient (Wildman–Crippen LogP) is 4.34. The van der Waals surface area contributed by atoms with Crippen molar-refractivity contribution in [2.24, 2.45) is 0 Å². The fourth-order valence-corrected chi connectivity index (χ4v) is 4.96. The highest BCUT2D eigenvalue weighted by molar-refractivity contribution is 5.83. The van der Waals surface area contributed by atoms with Crippen molar-refractivity contribution in [3.63, 3.8) is 0 Å². The lowest BCUT2D eigenvalue weighted by Gasteiger charge is -2.16. The van der Waals surface area contributed by atoms with E-state index >= 15 is 0 Å². The summed E-state index contributed by atoms with van der Waals surface area (Å²) in [5, 5.41) is 35.7. The van der Waals surface area contributed by atoms with Crippen molar-refractivity contribution in [2.75, 3.05) is 0 Å². The molecule has 0 aliphatic carbocycles. The third-order valence-electron chi connectivity index (χ3n) is 7.71. The second-order valence-corrected chi connectivity index (χ2v) is 11.3. The molecule has 11 nitrogen and oxygen atoms in total. The molecule has 16 heteroatoms. The summed E-state index contributed by atoms with van der Waals surface area (Å²) < 4.78 is 68.0. The number of fused-ring (bicyclic) bond motifs is 1. The molecule has 0 radical (unpaired) electrons. The molecule has 0 spiro atoms. The number of benzene rings is 4. The lowest BCUT2D eigenvalue weighted by atomic mass is 10.0. The van der Waals surface area contributed by atoms with Crippen LogP contribution in [0, 0.1) is 11.6 Å². The summed E-state index contributed by atoms with van der Waals surface area (Å²) in [6.07, 6.45) is -8.77. The van der Waals surface area contributed by atoms with Crippen LogP contribution in [0.2, 0.25) is 0 Å². The number of nitrogens with one attached hydrogen (secondary N) is 1. The number of carboxylic acid groups (broad SMARTS) is 2. The van der Waals surface area contributed by atoms with Crippen LogP contribution in [0.1, 0.15) is 22.5 Å². The molecule has 0 saturated heterocycles. The number of aliphatic hydroxyl groups is 2. The van der Waals surface area contributed by atoms with Gasteiger partial charge in [-0.3, -0.25) is 9.59 Å². The zero-order valence-corrected chi connectivity index (χ0v) is 26.8. The average molecular weight is 728 g/mol. The zero-order valence-electron chi connectivity index (χ0n) is 26.8. The van der Waals surface area contributed by atoms with Gasteiger partial charge >= 0.3 is 18.1 Å². The van der Waals surface area contributed by atoms with E-state index in [9.17, 15) is 41.1 Å². The number of carbonyl (C=O) groups excluding carboxylic acids is 1. The molecule has 0 fully saturated rings. The number of aromatic nitrogens is 2. The molecule has 52 heavy (non-hydrogen) atoms. The monoisotopic (exact) mass is 727 g/mol. The van der Waals surface area contributed by atoms with Gasteiger partial charge in [0.2, 0.25) is 5.91 Å². The fourth-order valence-electron chi connectivity index (χ4n) is 4.96. The number of carboxylic acids is 2. The first kappa shape index (κ1) is 38.8. The maximum atomic E-state index is 14.2. The molecule has 0 aliphatic heterocycles. The van der Waals surface area contributed by atoms with E-state index in [0.717, 1.165) is 29.3 Å². The smallest absolute Gasteiger partial charge is 0.416 e. The number of halogens is 5. The largest absolute Gasteiger partial charge is 0.479 e. The molecule has 4 aromatic carbocycles. The Bertz CT molecular complexity index is 2100. The highest BCUT2D eigenvalue weighted by Gasteiger charge is 2.30. The topological polar surface area (TPSA) is 179 Å². The Morgan fingerprint density at radius 3 is 1.92 bits per heavy atom. The molecule has 5 aromatic rings. The van der Waals surface area contributed by atoms with Crippen LogP contribution in [0.5, 0.6) is 0 Å². The number of alkyl halides is 3. The number of para-hydroxylation sites is 1. The van der Waals surface area contributed by atoms with Gasteiger partial charge in [0.05, 0.1) is 16.5 Å². The van der Waals surface area contributed by atoms with E-state index in [0.29, 0.717) is 16.5 Å². The number of amides is 1. The third kappa shape index (κ3) is 9.82. The van der Waals surface area contributed by atoms with Crippen LogP contribution < -0.4 is 10.9 Å². The standard InChI is InChI=1S/C32H24F5N3O2.C4H6O6/c33-26-6-3-4-23(30(26)34)14-17-28-39-31(42)25-5-1-2-7-27(25)40(28)19-29(41)38-18-20-8-10-21(11-9-20)22-12-15-24(16-13-22)32(35,36)37;5-1(3(7)8)2(6)4(9)10/h1-13,15-16H,14,17-19H2,(H,38,41);1-2,5-6H,(H,7,8)(H,9,10). The van der Waals surface area contributed by atoms with Gasteiger partial charge in [-0.25, -0.2) is 18.4 Å². The summed E-state index contributed by atoms with van der Waals surface area (Å²) in [5.41, 5.74) is 1.54. The molecular formula is C36H30F5N3O8. The van der Waals surface area contributed by atoms with E-state index in [1.54, 1.807) is 53.1 Å². The normalized spacial score (nSPS) is 12.4. The Hall–Kier alpha value is -6.00. The van der Waals surface area contributed by atoms with Gasteiger partial charge in [-0.1, -0.05) is 60.7 Å². The summed E-state index contributed by atoms with van der Waals surface area (Å²) >= 11 is 0. The van der Waals surface area contributed by atoms with E-state index in [2.05, 4.69) is 10.3 Å². The van der Waals surface area contributed by atoms with Crippen molar-refractivity contribution >= 4 is 28.7 Å². The highest BCUT2D eigenvalue weighted by atomic mass is 19.4. The van der Waals surface area contributed by atoms with Crippen LogP contribution in [0.4, 0.5) is 22.0 Å². The summed E-state index contributed by atoms with van der Waals surface area (Å²) in [7, 11) is 0. The molecule has 1 heterocycles. The van der Waals surface area contributed by atoms with Crippen LogP contribution in [0.15, 0.2) is 95.8 Å². The van der Waals surface area contributed by atoms with Gasteiger partial charge in [0.1, 0.15) is 12.4 Å². The highest BCUT2D eigenvalue weighted by Crippen LogP contribution is 2.31. The van der Waals surface area contributed by atoms with Crippen LogP contribution >= 0.6 is 0 Å². The minimum Gasteiger partial charge on any atom is -0.479 e. The minimum absolute atomic E-state index is 0.0707. The molecule has 0 saturated carbocycles. The van der Waals surface area contributed by atoms with Crippen molar-refractivity contribution in [1.82, 2.24) is 14.9 Å². The second-order valence-electron chi connectivity index (χ2n) is 11.3.